The van der Waals surface area contributed by atoms with Gasteiger partial charge in [-0.1, -0.05) is 12.1 Å². The van der Waals surface area contributed by atoms with E-state index in [4.69, 9.17) is 0 Å². The lowest BCUT2D eigenvalue weighted by Gasteiger charge is -2.02. The molecule has 1 heterocycles. The van der Waals surface area contributed by atoms with Crippen molar-refractivity contribution in [1.82, 2.24) is 0 Å². The lowest BCUT2D eigenvalue weighted by molar-refractivity contribution is -0.646. The summed E-state index contributed by atoms with van der Waals surface area (Å²) in [7, 11) is 2.06. The number of fused-ring (bicyclic) bond motifs is 1. The maximum Gasteiger partial charge on any atom is 0.212 e. The van der Waals surface area contributed by atoms with Crippen LogP contribution in [0.1, 0.15) is 11.3 Å². The summed E-state index contributed by atoms with van der Waals surface area (Å²) in [6, 6.07) is 16.3. The molecule has 3 aromatic rings. The van der Waals surface area contributed by atoms with Crippen LogP contribution >= 0.6 is 31.9 Å². The quantitative estimate of drug-likeness (QED) is 0.386. The molecule has 23 heavy (non-hydrogen) atoms. The fourth-order valence-corrected chi connectivity index (χ4v) is 3.61. The minimum atomic E-state index is 0. The van der Waals surface area contributed by atoms with E-state index in [0.717, 1.165) is 11.3 Å². The summed E-state index contributed by atoms with van der Waals surface area (Å²) in [6.07, 6.45) is 4.09. The molecule has 0 atom stereocenters. The van der Waals surface area contributed by atoms with Gasteiger partial charge in [0, 0.05) is 23.6 Å². The molecule has 5 heteroatoms. The maximum absolute atomic E-state index is 9.76. The molecule has 0 aliphatic carbocycles. The first-order valence-electron chi connectivity index (χ1n) is 6.80. The number of hydrogen-bond donors (Lipinski definition) is 1. The highest BCUT2D eigenvalue weighted by Gasteiger charge is 2.09. The summed E-state index contributed by atoms with van der Waals surface area (Å²) < 4.78 is 3.50. The summed E-state index contributed by atoms with van der Waals surface area (Å²) in [5.74, 6) is 0.216. The van der Waals surface area contributed by atoms with Gasteiger partial charge in [-0.25, -0.2) is 0 Å². The molecule has 0 amide bonds. The van der Waals surface area contributed by atoms with E-state index in [1.54, 1.807) is 0 Å². The number of pyridine rings is 1. The number of aromatic hydroxyl groups is 1. The van der Waals surface area contributed by atoms with Gasteiger partial charge in [0.15, 0.2) is 0 Å². The van der Waals surface area contributed by atoms with Crippen molar-refractivity contribution in [2.24, 2.45) is 7.05 Å². The van der Waals surface area contributed by atoms with Crippen molar-refractivity contribution < 1.29 is 33.7 Å². The molecule has 0 aliphatic heterocycles. The van der Waals surface area contributed by atoms with E-state index in [1.807, 2.05) is 30.3 Å². The minimum absolute atomic E-state index is 0. The fourth-order valence-electron chi connectivity index (χ4n) is 2.39. The minimum Gasteiger partial charge on any atom is -1.00 e. The highest BCUT2D eigenvalue weighted by Crippen LogP contribution is 2.33. The number of phenolic OH excluding ortho intramolecular Hbond substituents is 1. The molecule has 118 valence electrons. The number of rotatable bonds is 2. The van der Waals surface area contributed by atoms with Crippen LogP contribution in [0.15, 0.2) is 57.5 Å². The molecule has 2 nitrogen and oxygen atoms in total. The molecule has 0 saturated carbocycles. The summed E-state index contributed by atoms with van der Waals surface area (Å²) in [5.41, 5.74) is 3.31. The average Bonchev–Trinajstić information content (AvgIpc) is 2.52. The Balaban J connectivity index is 0.00000192. The third-order valence-electron chi connectivity index (χ3n) is 3.60. The van der Waals surface area contributed by atoms with Crippen molar-refractivity contribution in [1.29, 1.82) is 0 Å². The molecule has 2 aromatic carbocycles. The standard InChI is InChI=1S/C18H13Br2NO.HI/c1-21-14(9-7-13-4-2-3-5-17(13)21)8-6-12-10-15(19)18(22)16(20)11-12;/h2-11H,1H3;1H. The van der Waals surface area contributed by atoms with Gasteiger partial charge in [0.2, 0.25) is 11.2 Å². The van der Waals surface area contributed by atoms with Gasteiger partial charge in [0.05, 0.1) is 8.95 Å². The van der Waals surface area contributed by atoms with E-state index in [0.29, 0.717) is 8.95 Å². The number of nitrogens with zero attached hydrogens (tertiary/aromatic N) is 1. The van der Waals surface area contributed by atoms with Gasteiger partial charge in [-0.3, -0.25) is 0 Å². The number of benzene rings is 2. The zero-order valence-corrected chi connectivity index (χ0v) is 17.6. The third kappa shape index (κ3) is 3.95. The van der Waals surface area contributed by atoms with Crippen molar-refractivity contribution in [3.8, 4) is 5.75 Å². The Kier molecular flexibility index (Phi) is 6.22. The molecule has 0 unspecified atom stereocenters. The van der Waals surface area contributed by atoms with E-state index in [2.05, 4.69) is 73.8 Å². The second-order valence-corrected chi connectivity index (χ2v) is 6.75. The lowest BCUT2D eigenvalue weighted by Crippen LogP contribution is -3.00. The van der Waals surface area contributed by atoms with E-state index < -0.39 is 0 Å². The van der Waals surface area contributed by atoms with Crippen molar-refractivity contribution in [2.75, 3.05) is 0 Å². The Hall–Kier alpha value is -0.920. The summed E-state index contributed by atoms with van der Waals surface area (Å²) in [4.78, 5) is 0. The Bertz CT molecular complexity index is 870. The van der Waals surface area contributed by atoms with E-state index in [-0.39, 0.29) is 29.7 Å². The second-order valence-electron chi connectivity index (χ2n) is 5.04. The SMILES string of the molecule is C[n+]1c(/C=C/c2cc(Br)c(O)c(Br)c2)ccc2ccccc21.[I-]. The van der Waals surface area contributed by atoms with Crippen molar-refractivity contribution in [3.05, 3.63) is 68.7 Å². The predicted octanol–water partition coefficient (Wildman–Crippen LogP) is 2.07. The number of aryl methyl sites for hydroxylation is 1. The first kappa shape index (κ1) is 18.4. The molecule has 1 aromatic heterocycles. The molecule has 0 spiro atoms. The van der Waals surface area contributed by atoms with Crippen LogP contribution in [0, 0.1) is 0 Å². The maximum atomic E-state index is 9.76. The third-order valence-corrected chi connectivity index (χ3v) is 4.81. The van der Waals surface area contributed by atoms with Crippen LogP contribution in [0.2, 0.25) is 0 Å². The normalized spacial score (nSPS) is 10.9. The number of hydrogen-bond acceptors (Lipinski definition) is 1. The van der Waals surface area contributed by atoms with Crippen molar-refractivity contribution in [2.45, 2.75) is 0 Å². The smallest absolute Gasteiger partial charge is 0.212 e. The Morgan fingerprint density at radius 3 is 2.30 bits per heavy atom. The van der Waals surface area contributed by atoms with Crippen LogP contribution in [-0.2, 0) is 7.05 Å². The fraction of sp³-hybridized carbons (Fsp3) is 0.0556. The molecule has 3 rings (SSSR count). The average molecular weight is 547 g/mol. The van der Waals surface area contributed by atoms with Gasteiger partial charge < -0.3 is 29.1 Å². The first-order valence-corrected chi connectivity index (χ1v) is 8.39. The Morgan fingerprint density at radius 2 is 1.61 bits per heavy atom. The molecule has 0 aliphatic rings. The van der Waals surface area contributed by atoms with Crippen LogP contribution < -0.4 is 28.5 Å². The monoisotopic (exact) mass is 545 g/mol. The summed E-state index contributed by atoms with van der Waals surface area (Å²) >= 11 is 6.70. The van der Waals surface area contributed by atoms with E-state index >= 15 is 0 Å². The van der Waals surface area contributed by atoms with Crippen LogP contribution in [0.5, 0.6) is 5.75 Å². The summed E-state index contributed by atoms with van der Waals surface area (Å²) in [5, 5.41) is 11.0. The molecule has 0 saturated heterocycles. The Morgan fingerprint density at radius 1 is 0.957 bits per heavy atom. The zero-order valence-electron chi connectivity index (χ0n) is 12.3. The van der Waals surface area contributed by atoms with Crippen LogP contribution in [0.25, 0.3) is 23.1 Å². The van der Waals surface area contributed by atoms with Gasteiger partial charge in [-0.15, -0.1) is 0 Å². The highest BCUT2D eigenvalue weighted by atomic mass is 127. The second kappa shape index (κ2) is 7.77. The number of phenols is 1. The highest BCUT2D eigenvalue weighted by molar-refractivity contribution is 9.11. The predicted molar refractivity (Wildman–Crippen MR) is 97.6 cm³/mol. The van der Waals surface area contributed by atoms with Gasteiger partial charge in [-0.05, 0) is 67.8 Å². The molecule has 1 N–H and O–H groups in total. The van der Waals surface area contributed by atoms with Crippen molar-refractivity contribution in [3.63, 3.8) is 0 Å². The van der Waals surface area contributed by atoms with Gasteiger partial charge in [0.25, 0.3) is 0 Å². The largest absolute Gasteiger partial charge is 1.00 e. The lowest BCUT2D eigenvalue weighted by atomic mass is 10.1. The zero-order chi connectivity index (χ0) is 15.7. The van der Waals surface area contributed by atoms with Crippen LogP contribution in [0.4, 0.5) is 0 Å². The number of para-hydroxylation sites is 1. The van der Waals surface area contributed by atoms with E-state index in [1.165, 1.54) is 10.9 Å². The van der Waals surface area contributed by atoms with Gasteiger partial charge in [-0.2, -0.15) is 4.57 Å². The number of aromatic nitrogens is 1. The molecule has 0 fully saturated rings. The topological polar surface area (TPSA) is 24.1 Å². The van der Waals surface area contributed by atoms with Gasteiger partial charge >= 0.3 is 0 Å². The van der Waals surface area contributed by atoms with Crippen LogP contribution in [0.3, 0.4) is 0 Å². The first-order chi connectivity index (χ1) is 10.6. The molecular formula is C18H14Br2INO. The van der Waals surface area contributed by atoms with Crippen LogP contribution in [-0.4, -0.2) is 5.11 Å². The molecule has 0 radical (unpaired) electrons. The van der Waals surface area contributed by atoms with Crippen molar-refractivity contribution >= 4 is 54.9 Å². The Labute approximate surface area is 169 Å². The molecule has 0 bridgehead atoms. The van der Waals surface area contributed by atoms with E-state index in [9.17, 15) is 5.11 Å². The summed E-state index contributed by atoms with van der Waals surface area (Å²) in [6.45, 7) is 0. The number of halogens is 3. The molecular weight excluding hydrogens is 533 g/mol. The van der Waals surface area contributed by atoms with Gasteiger partial charge in [0.1, 0.15) is 12.8 Å².